The van der Waals surface area contributed by atoms with Crippen LogP contribution in [0.4, 0.5) is 22.7 Å². The fourth-order valence-corrected chi connectivity index (χ4v) is 9.44. The average molecular weight is 862 g/mol. The molecule has 0 saturated carbocycles. The van der Waals surface area contributed by atoms with E-state index >= 15 is 0 Å². The van der Waals surface area contributed by atoms with Crippen LogP contribution in [0.2, 0.25) is 0 Å². The Balaban J connectivity index is 1.03. The van der Waals surface area contributed by atoms with Crippen LogP contribution in [-0.2, 0) is 6.42 Å². The van der Waals surface area contributed by atoms with Crippen molar-refractivity contribution in [2.24, 2.45) is 0 Å². The van der Waals surface area contributed by atoms with E-state index < -0.39 is 6.17 Å². The number of carbonyl (C=O) groups excluding carboxylic acids is 2. The predicted octanol–water partition coefficient (Wildman–Crippen LogP) is 13.4. The number of aryl methyl sites for hydroxylation is 1. The first-order valence-corrected chi connectivity index (χ1v) is 22.1. The zero-order chi connectivity index (χ0) is 41.8. The van der Waals surface area contributed by atoms with Crippen molar-refractivity contribution < 1.29 is 14.3 Å². The van der Waals surface area contributed by atoms with Crippen LogP contribution in [0.15, 0.2) is 144 Å². The number of para-hydroxylation sites is 3. The number of carbonyl (C=O) groups is 2. The van der Waals surface area contributed by atoms with Gasteiger partial charge in [-0.15, -0.1) is 0 Å². The standard InChI is InChI=1S/C52H53BrN4O3/c1-5-7-14-35-21-29-40(30-22-35)56-49(54-46-19-10-8-15-42(46)51(56)58)38-25-23-36(24-26-38)34(3)33-39(13-6-2)37-27-31-41(32-28-37)57-50(44-17-12-18-45(53)48(44)60-4)55-47-20-11-9-16-43(47)52(57)59/h8-12,15-32,34,39,49-50,54-55H,5-7,13-14,33H2,1-4H3. The molecule has 2 N–H and O–H groups in total. The van der Waals surface area contributed by atoms with Gasteiger partial charge in [0.25, 0.3) is 11.8 Å². The first-order chi connectivity index (χ1) is 29.3. The number of amides is 2. The molecule has 8 rings (SSSR count). The Morgan fingerprint density at radius 3 is 1.82 bits per heavy atom. The molecule has 6 aromatic rings. The average Bonchev–Trinajstić information content (AvgIpc) is 3.28. The second-order valence-corrected chi connectivity index (χ2v) is 16.9. The maximum Gasteiger partial charge on any atom is 0.262 e. The van der Waals surface area contributed by atoms with Gasteiger partial charge in [0.2, 0.25) is 0 Å². The Morgan fingerprint density at radius 1 is 0.650 bits per heavy atom. The number of nitrogens with one attached hydrogen (secondary N) is 2. The fraction of sp³-hybridized carbons (Fsp3) is 0.269. The summed E-state index contributed by atoms with van der Waals surface area (Å²) >= 11 is 3.65. The molecule has 0 bridgehead atoms. The van der Waals surface area contributed by atoms with E-state index in [0.29, 0.717) is 28.7 Å². The molecule has 8 heteroatoms. The van der Waals surface area contributed by atoms with Gasteiger partial charge in [0.1, 0.15) is 18.1 Å². The second kappa shape index (κ2) is 18.2. The molecule has 0 fully saturated rings. The van der Waals surface area contributed by atoms with E-state index in [1.807, 2.05) is 76.5 Å². The highest BCUT2D eigenvalue weighted by atomic mass is 79.9. The number of benzene rings is 6. The van der Waals surface area contributed by atoms with Gasteiger partial charge in [0.05, 0.1) is 22.7 Å². The fourth-order valence-electron chi connectivity index (χ4n) is 8.90. The van der Waals surface area contributed by atoms with E-state index in [1.54, 1.807) is 7.11 Å². The number of anilines is 4. The Morgan fingerprint density at radius 2 is 1.22 bits per heavy atom. The largest absolute Gasteiger partial charge is 0.495 e. The first kappa shape index (κ1) is 40.9. The summed E-state index contributed by atoms with van der Waals surface area (Å²) in [7, 11) is 1.66. The minimum Gasteiger partial charge on any atom is -0.495 e. The lowest BCUT2D eigenvalue weighted by Gasteiger charge is -2.39. The Hall–Kier alpha value is -5.86. The molecular weight excluding hydrogens is 809 g/mol. The molecular formula is C52H53BrN4O3. The molecule has 0 saturated heterocycles. The predicted molar refractivity (Wildman–Crippen MR) is 249 cm³/mol. The Labute approximate surface area is 362 Å². The Bertz CT molecular complexity index is 2450. The summed E-state index contributed by atoms with van der Waals surface area (Å²) in [4.78, 5) is 32.1. The number of ether oxygens (including phenoxy) is 1. The van der Waals surface area contributed by atoms with Crippen molar-refractivity contribution in [2.75, 3.05) is 27.5 Å². The molecule has 0 spiro atoms. The summed E-state index contributed by atoms with van der Waals surface area (Å²) < 4.78 is 6.66. The smallest absolute Gasteiger partial charge is 0.262 e. The molecule has 0 radical (unpaired) electrons. The van der Waals surface area contributed by atoms with Crippen LogP contribution >= 0.6 is 15.9 Å². The third-order valence-corrected chi connectivity index (χ3v) is 12.7. The third-order valence-electron chi connectivity index (χ3n) is 12.1. The highest BCUT2D eigenvalue weighted by Gasteiger charge is 2.37. The molecule has 0 aromatic heterocycles. The van der Waals surface area contributed by atoms with Crippen molar-refractivity contribution in [1.29, 1.82) is 0 Å². The summed E-state index contributed by atoms with van der Waals surface area (Å²) in [5, 5.41) is 7.31. The molecule has 2 amide bonds. The van der Waals surface area contributed by atoms with Crippen LogP contribution in [0.1, 0.15) is 126 Å². The van der Waals surface area contributed by atoms with Crippen LogP contribution in [-0.4, -0.2) is 18.9 Å². The minimum absolute atomic E-state index is 0.00403. The lowest BCUT2D eigenvalue weighted by molar-refractivity contribution is 0.0966. The van der Waals surface area contributed by atoms with Gasteiger partial charge in [0.15, 0.2) is 0 Å². The molecule has 2 aliphatic rings. The van der Waals surface area contributed by atoms with Gasteiger partial charge in [-0.3, -0.25) is 19.4 Å². The van der Waals surface area contributed by atoms with Crippen LogP contribution in [0.3, 0.4) is 0 Å². The molecule has 2 aliphatic heterocycles. The number of nitrogens with zero attached hydrogens (tertiary/aromatic N) is 2. The number of hydrogen-bond donors (Lipinski definition) is 2. The minimum atomic E-state index is -0.472. The van der Waals surface area contributed by atoms with Gasteiger partial charge in [-0.2, -0.15) is 0 Å². The quantitative estimate of drug-likeness (QED) is 0.114. The highest BCUT2D eigenvalue weighted by molar-refractivity contribution is 9.10. The van der Waals surface area contributed by atoms with E-state index in [1.165, 1.54) is 16.7 Å². The zero-order valence-corrected chi connectivity index (χ0v) is 36.4. The summed E-state index contributed by atoms with van der Waals surface area (Å²) in [6, 6.07) is 47.2. The number of fused-ring (bicyclic) bond motifs is 2. The Kier molecular flexibility index (Phi) is 12.4. The number of methoxy groups -OCH3 is 1. The van der Waals surface area contributed by atoms with Gasteiger partial charge in [-0.1, -0.05) is 119 Å². The first-order valence-electron chi connectivity index (χ1n) is 21.3. The maximum absolute atomic E-state index is 14.2. The lowest BCUT2D eigenvalue weighted by Crippen LogP contribution is -2.43. The van der Waals surface area contributed by atoms with E-state index in [9.17, 15) is 9.59 Å². The van der Waals surface area contributed by atoms with E-state index in [-0.39, 0.29) is 18.0 Å². The summed E-state index contributed by atoms with van der Waals surface area (Å²) in [6.45, 7) is 6.76. The molecule has 4 atom stereocenters. The zero-order valence-electron chi connectivity index (χ0n) is 34.8. The topological polar surface area (TPSA) is 73.9 Å². The summed E-state index contributed by atoms with van der Waals surface area (Å²) in [5.41, 5.74) is 10.4. The van der Waals surface area contributed by atoms with Crippen molar-refractivity contribution in [3.05, 3.63) is 183 Å². The second-order valence-electron chi connectivity index (χ2n) is 16.0. The van der Waals surface area contributed by atoms with Crippen LogP contribution in [0, 0.1) is 0 Å². The van der Waals surface area contributed by atoms with Crippen molar-refractivity contribution in [1.82, 2.24) is 0 Å². The van der Waals surface area contributed by atoms with Gasteiger partial charge in [0, 0.05) is 28.3 Å². The molecule has 6 aromatic carbocycles. The van der Waals surface area contributed by atoms with Gasteiger partial charge in [-0.25, -0.2) is 0 Å². The lowest BCUT2D eigenvalue weighted by atomic mass is 9.83. The van der Waals surface area contributed by atoms with E-state index in [0.717, 1.165) is 76.9 Å². The molecule has 0 aliphatic carbocycles. The van der Waals surface area contributed by atoms with Crippen LogP contribution in [0.25, 0.3) is 0 Å². The van der Waals surface area contributed by atoms with E-state index in [2.05, 4.69) is 120 Å². The van der Waals surface area contributed by atoms with Crippen molar-refractivity contribution in [3.8, 4) is 5.75 Å². The maximum atomic E-state index is 14.2. The number of hydrogen-bond acceptors (Lipinski definition) is 5. The van der Waals surface area contributed by atoms with Crippen LogP contribution < -0.4 is 25.2 Å². The molecule has 4 unspecified atom stereocenters. The van der Waals surface area contributed by atoms with Crippen LogP contribution in [0.5, 0.6) is 5.75 Å². The number of rotatable bonds is 14. The van der Waals surface area contributed by atoms with Crippen molar-refractivity contribution in [2.45, 2.75) is 83.5 Å². The number of halogens is 1. The summed E-state index contributed by atoms with van der Waals surface area (Å²) in [6.07, 6.45) is 5.61. The van der Waals surface area contributed by atoms with Gasteiger partial charge < -0.3 is 15.4 Å². The van der Waals surface area contributed by atoms with Gasteiger partial charge >= 0.3 is 0 Å². The normalized spacial score (nSPS) is 16.9. The molecule has 306 valence electrons. The SMILES string of the molecule is CCCCc1ccc(N2C(=O)c3ccccc3NC2c2ccc(C(C)CC(CCC)c3ccc(N4C(=O)c5ccccc5NC4c4cccc(Br)c4OC)cc3)cc2)cc1. The summed E-state index contributed by atoms with van der Waals surface area (Å²) in [5.74, 6) is 1.25. The molecule has 2 heterocycles. The molecule has 60 heavy (non-hydrogen) atoms. The number of unbranched alkanes of at least 4 members (excludes halogenated alkanes) is 1. The van der Waals surface area contributed by atoms with E-state index in [4.69, 9.17) is 4.74 Å². The highest BCUT2D eigenvalue weighted by Crippen LogP contribution is 2.43. The van der Waals surface area contributed by atoms with Gasteiger partial charge in [-0.05, 0) is 130 Å². The monoisotopic (exact) mass is 860 g/mol. The molecule has 7 nitrogen and oxygen atoms in total. The van der Waals surface area contributed by atoms with Crippen molar-refractivity contribution in [3.63, 3.8) is 0 Å². The van der Waals surface area contributed by atoms with Crippen molar-refractivity contribution >= 4 is 50.5 Å². The third kappa shape index (κ3) is 8.18.